The summed E-state index contributed by atoms with van der Waals surface area (Å²) in [6.07, 6.45) is -0.920. The number of amides is 1. The van der Waals surface area contributed by atoms with Crippen molar-refractivity contribution in [3.8, 4) is 0 Å². The van der Waals surface area contributed by atoms with Crippen molar-refractivity contribution < 1.29 is 28.6 Å². The second-order valence-corrected chi connectivity index (χ2v) is 13.4. The normalized spacial score (nSPS) is 14.9. The van der Waals surface area contributed by atoms with Gasteiger partial charge in [-0.25, -0.2) is 4.79 Å². The van der Waals surface area contributed by atoms with E-state index in [4.69, 9.17) is 13.9 Å². The van der Waals surface area contributed by atoms with E-state index in [1.54, 1.807) is 0 Å². The van der Waals surface area contributed by atoms with Crippen LogP contribution >= 0.6 is 0 Å². The molecule has 0 spiro atoms. The molecule has 0 fully saturated rings. The molecule has 1 aromatic carbocycles. The molecule has 1 aromatic rings. The van der Waals surface area contributed by atoms with E-state index in [9.17, 15) is 14.7 Å². The fourth-order valence-electron chi connectivity index (χ4n) is 2.48. The molecule has 30 heavy (non-hydrogen) atoms. The molecule has 1 amide bonds. The summed E-state index contributed by atoms with van der Waals surface area (Å²) in [5.74, 6) is -0.507. The molecule has 3 atom stereocenters. The van der Waals surface area contributed by atoms with Gasteiger partial charge in [0.25, 0.3) is 0 Å². The van der Waals surface area contributed by atoms with Gasteiger partial charge in [0.05, 0.1) is 12.6 Å². The number of rotatable bonds is 10. The van der Waals surface area contributed by atoms with Crippen LogP contribution in [0.4, 0.5) is 4.79 Å². The second kappa shape index (κ2) is 11.3. The van der Waals surface area contributed by atoms with Gasteiger partial charge in [0, 0.05) is 6.92 Å². The lowest BCUT2D eigenvalue weighted by Gasteiger charge is -2.42. The molecule has 0 heterocycles. The number of alkyl carbamates (subject to hydrolysis) is 1. The number of benzene rings is 1. The van der Waals surface area contributed by atoms with Crippen LogP contribution in [0.2, 0.25) is 18.1 Å². The first-order chi connectivity index (χ1) is 13.9. The fraction of sp³-hybridized carbons (Fsp3) is 0.545. The van der Waals surface area contributed by atoms with Crippen LogP contribution in [-0.4, -0.2) is 50.3 Å². The minimum atomic E-state index is -2.34. The quantitative estimate of drug-likeness (QED) is 0.329. The predicted octanol–water partition coefficient (Wildman–Crippen LogP) is 3.78. The average Bonchev–Trinajstić information content (AvgIpc) is 2.67. The second-order valence-electron chi connectivity index (χ2n) is 8.65. The Labute approximate surface area is 180 Å². The highest BCUT2D eigenvalue weighted by Gasteiger charge is 2.43. The number of hydrogen-bond acceptors (Lipinski definition) is 6. The predicted molar refractivity (Wildman–Crippen MR) is 118 cm³/mol. The Morgan fingerprint density at radius 1 is 1.23 bits per heavy atom. The van der Waals surface area contributed by atoms with Crippen LogP contribution in [0.3, 0.4) is 0 Å². The number of ether oxygens (including phenoxy) is 2. The van der Waals surface area contributed by atoms with Crippen molar-refractivity contribution in [3.63, 3.8) is 0 Å². The van der Waals surface area contributed by atoms with Gasteiger partial charge in [0.2, 0.25) is 0 Å². The Morgan fingerprint density at radius 2 is 1.83 bits per heavy atom. The van der Waals surface area contributed by atoms with Gasteiger partial charge in [0.15, 0.2) is 8.32 Å². The fourth-order valence-corrected chi connectivity index (χ4v) is 3.82. The number of carbonyl (C=O) groups excluding carboxylic acids is 2. The van der Waals surface area contributed by atoms with Crippen LogP contribution in [0.25, 0.3) is 0 Å². The van der Waals surface area contributed by atoms with Crippen molar-refractivity contribution in [2.24, 2.45) is 0 Å². The zero-order valence-electron chi connectivity index (χ0n) is 18.8. The lowest BCUT2D eigenvalue weighted by Crippen LogP contribution is -2.57. The van der Waals surface area contributed by atoms with E-state index in [-0.39, 0.29) is 11.6 Å². The monoisotopic (exact) mass is 437 g/mol. The Kier molecular flexibility index (Phi) is 9.74. The molecule has 0 aliphatic carbocycles. The molecule has 0 bridgehead atoms. The molecule has 1 rings (SSSR count). The van der Waals surface area contributed by atoms with E-state index in [0.29, 0.717) is 0 Å². The maximum atomic E-state index is 12.4. The van der Waals surface area contributed by atoms with Gasteiger partial charge < -0.3 is 24.3 Å². The van der Waals surface area contributed by atoms with Crippen molar-refractivity contribution in [2.45, 2.75) is 70.7 Å². The first kappa shape index (κ1) is 25.9. The van der Waals surface area contributed by atoms with E-state index in [1.807, 2.05) is 43.4 Å². The van der Waals surface area contributed by atoms with E-state index < -0.39 is 45.2 Å². The molecule has 0 aromatic heterocycles. The number of aliphatic hydroxyl groups is 1. The zero-order chi connectivity index (χ0) is 22.9. The third-order valence-corrected chi connectivity index (χ3v) is 9.68. The van der Waals surface area contributed by atoms with Gasteiger partial charge in [-0.2, -0.15) is 0 Å². The molecule has 8 heteroatoms. The Morgan fingerprint density at radius 3 is 2.30 bits per heavy atom. The standard InChI is InChI=1S/C22H35NO6Si/c1-8-19(28-16(2)25)20(29-30(6,7)22(3,4)5)18(14-24)23-21(26)27-15-17-12-10-9-11-13-17/h8-13,18-20,24H,1,14-15H2,2-7H3,(H,23,26)/t18-,19+,20+/m0/s1. The van der Waals surface area contributed by atoms with Gasteiger partial charge in [-0.05, 0) is 29.8 Å². The smallest absolute Gasteiger partial charge is 0.407 e. The largest absolute Gasteiger partial charge is 0.456 e. The SMILES string of the molecule is C=C[C@@H](OC(C)=O)[C@H](O[Si](C)(C)C(C)(C)C)[C@H](CO)NC(=O)OCc1ccccc1. The van der Waals surface area contributed by atoms with Crippen LogP contribution in [0.5, 0.6) is 0 Å². The third-order valence-electron chi connectivity index (χ3n) is 5.20. The summed E-state index contributed by atoms with van der Waals surface area (Å²) in [5, 5.41) is 12.5. The maximum absolute atomic E-state index is 12.4. The van der Waals surface area contributed by atoms with Gasteiger partial charge in [-0.15, -0.1) is 0 Å². The average molecular weight is 438 g/mol. The molecule has 0 aliphatic heterocycles. The molecule has 2 N–H and O–H groups in total. The first-order valence-corrected chi connectivity index (χ1v) is 12.9. The van der Waals surface area contributed by atoms with Gasteiger partial charge in [0.1, 0.15) is 18.8 Å². The first-order valence-electron chi connectivity index (χ1n) is 9.97. The summed E-state index contributed by atoms with van der Waals surface area (Å²) in [7, 11) is -2.34. The molecule has 0 saturated heterocycles. The van der Waals surface area contributed by atoms with E-state index >= 15 is 0 Å². The van der Waals surface area contributed by atoms with Crippen LogP contribution in [0, 0.1) is 0 Å². The molecular formula is C22H35NO6Si. The minimum absolute atomic E-state index is 0.0907. The van der Waals surface area contributed by atoms with Gasteiger partial charge in [-0.1, -0.05) is 57.7 Å². The van der Waals surface area contributed by atoms with Gasteiger partial charge in [-0.3, -0.25) is 4.79 Å². The number of esters is 1. The summed E-state index contributed by atoms with van der Waals surface area (Å²) >= 11 is 0. The molecule has 0 aliphatic rings. The summed E-state index contributed by atoms with van der Waals surface area (Å²) in [6, 6.07) is 8.40. The Balaban J connectivity index is 3.00. The van der Waals surface area contributed by atoms with Crippen molar-refractivity contribution in [1.29, 1.82) is 0 Å². The summed E-state index contributed by atoms with van der Waals surface area (Å²) in [4.78, 5) is 23.9. The highest BCUT2D eigenvalue weighted by Crippen LogP contribution is 2.38. The molecular weight excluding hydrogens is 402 g/mol. The van der Waals surface area contributed by atoms with E-state index in [1.165, 1.54) is 13.0 Å². The van der Waals surface area contributed by atoms with Crippen molar-refractivity contribution >= 4 is 20.4 Å². The van der Waals surface area contributed by atoms with Crippen molar-refractivity contribution in [2.75, 3.05) is 6.61 Å². The number of hydrogen-bond donors (Lipinski definition) is 2. The molecule has 0 saturated carbocycles. The highest BCUT2D eigenvalue weighted by atomic mass is 28.4. The lowest BCUT2D eigenvalue weighted by molar-refractivity contribution is -0.149. The van der Waals surface area contributed by atoms with Crippen molar-refractivity contribution in [3.05, 3.63) is 48.6 Å². The summed E-state index contributed by atoms with van der Waals surface area (Å²) < 4.78 is 17.0. The van der Waals surface area contributed by atoms with Crippen molar-refractivity contribution in [1.82, 2.24) is 5.32 Å². The van der Waals surface area contributed by atoms with E-state index in [0.717, 1.165) is 5.56 Å². The van der Waals surface area contributed by atoms with Crippen LogP contribution in [0.1, 0.15) is 33.3 Å². The molecule has 0 unspecified atom stereocenters. The lowest BCUT2D eigenvalue weighted by atomic mass is 10.1. The number of nitrogens with one attached hydrogen (secondary N) is 1. The van der Waals surface area contributed by atoms with Crippen LogP contribution < -0.4 is 5.32 Å². The number of carbonyl (C=O) groups is 2. The van der Waals surface area contributed by atoms with Crippen LogP contribution in [0.15, 0.2) is 43.0 Å². The van der Waals surface area contributed by atoms with Crippen LogP contribution in [-0.2, 0) is 25.3 Å². The van der Waals surface area contributed by atoms with Gasteiger partial charge >= 0.3 is 12.1 Å². The minimum Gasteiger partial charge on any atom is -0.456 e. The molecule has 0 radical (unpaired) electrons. The Bertz CT molecular complexity index is 701. The Hall–Kier alpha value is -2.16. The summed E-state index contributed by atoms with van der Waals surface area (Å²) in [6.45, 7) is 15.0. The topological polar surface area (TPSA) is 94.1 Å². The number of aliphatic hydroxyl groups excluding tert-OH is 1. The van der Waals surface area contributed by atoms with E-state index in [2.05, 4.69) is 32.7 Å². The highest BCUT2D eigenvalue weighted by molar-refractivity contribution is 6.74. The zero-order valence-corrected chi connectivity index (χ0v) is 19.8. The molecule has 7 nitrogen and oxygen atoms in total. The molecule has 168 valence electrons. The summed E-state index contributed by atoms with van der Waals surface area (Å²) in [5.41, 5.74) is 0.839. The maximum Gasteiger partial charge on any atom is 0.407 e. The third kappa shape index (κ3) is 7.93.